The van der Waals surface area contributed by atoms with Gasteiger partial charge in [0.2, 0.25) is 10.0 Å². The molecule has 0 saturated carbocycles. The predicted molar refractivity (Wildman–Crippen MR) is 71.9 cm³/mol. The number of sulfonamides is 1. The molecule has 2 rings (SSSR count). The summed E-state index contributed by atoms with van der Waals surface area (Å²) in [5.74, 6) is 0. The predicted octanol–water partition coefficient (Wildman–Crippen LogP) is 2.23. The molecule has 0 aliphatic carbocycles. The highest BCUT2D eigenvalue weighted by atomic mass is 32.2. The van der Waals surface area contributed by atoms with E-state index in [9.17, 15) is 8.42 Å². The summed E-state index contributed by atoms with van der Waals surface area (Å²) in [5.41, 5.74) is 1.69. The van der Waals surface area contributed by atoms with E-state index in [1.165, 1.54) is 0 Å². The van der Waals surface area contributed by atoms with Crippen LogP contribution >= 0.6 is 0 Å². The van der Waals surface area contributed by atoms with Crippen molar-refractivity contribution in [3.05, 3.63) is 36.0 Å². The van der Waals surface area contributed by atoms with Gasteiger partial charge in [0.15, 0.2) is 0 Å². The van der Waals surface area contributed by atoms with Crippen molar-refractivity contribution in [2.45, 2.75) is 31.7 Å². The second-order valence-electron chi connectivity index (χ2n) is 4.56. The maximum Gasteiger partial charge on any atom is 0.241 e. The fourth-order valence-electron chi connectivity index (χ4n) is 1.90. The average Bonchev–Trinajstić information content (AvgIpc) is 2.27. The van der Waals surface area contributed by atoms with Crippen LogP contribution in [0.1, 0.15) is 19.4 Å². The molecule has 0 amide bonds. The topological polar surface area (TPSA) is 59.1 Å². The van der Waals surface area contributed by atoms with Gasteiger partial charge < -0.3 is 0 Å². The molecule has 1 aromatic heterocycles. The van der Waals surface area contributed by atoms with E-state index < -0.39 is 10.0 Å². The Kier molecular flexibility index (Phi) is 3.36. The molecule has 0 unspecified atom stereocenters. The minimum atomic E-state index is -3.49. The van der Waals surface area contributed by atoms with E-state index in [1.807, 2.05) is 6.92 Å². The molecule has 0 spiro atoms. The van der Waals surface area contributed by atoms with Gasteiger partial charge >= 0.3 is 0 Å². The van der Waals surface area contributed by atoms with Gasteiger partial charge in [0.25, 0.3) is 0 Å². The van der Waals surface area contributed by atoms with Crippen molar-refractivity contribution in [3.8, 4) is 0 Å². The summed E-state index contributed by atoms with van der Waals surface area (Å²) in [5, 5.41) is 0.658. The molecule has 0 saturated heterocycles. The second-order valence-corrected chi connectivity index (χ2v) is 6.24. The normalized spacial score (nSPS) is 12.2. The van der Waals surface area contributed by atoms with Crippen LogP contribution in [0, 0.1) is 6.92 Å². The number of nitrogens with zero attached hydrogens (tertiary/aromatic N) is 1. The number of aromatic nitrogens is 1. The summed E-state index contributed by atoms with van der Waals surface area (Å²) in [4.78, 5) is 4.52. The van der Waals surface area contributed by atoms with Crippen molar-refractivity contribution in [2.24, 2.45) is 0 Å². The summed E-state index contributed by atoms with van der Waals surface area (Å²) in [7, 11) is -3.49. The summed E-state index contributed by atoms with van der Waals surface area (Å²) in [6.07, 6.45) is 1.67. The Balaban J connectivity index is 2.70. The number of nitrogens with one attached hydrogen (secondary N) is 1. The minimum Gasteiger partial charge on any atom is -0.256 e. The zero-order chi connectivity index (χ0) is 13.3. The number of benzene rings is 1. The average molecular weight is 264 g/mol. The zero-order valence-electron chi connectivity index (χ0n) is 10.6. The summed E-state index contributed by atoms with van der Waals surface area (Å²) < 4.78 is 27.0. The van der Waals surface area contributed by atoms with Gasteiger partial charge in [-0.15, -0.1) is 0 Å². The SMILES string of the molecule is Cc1ccc(S(=O)(=O)NC(C)C)c2cccnc12. The lowest BCUT2D eigenvalue weighted by atomic mass is 10.1. The van der Waals surface area contributed by atoms with Crippen LogP contribution in [0.15, 0.2) is 35.4 Å². The lowest BCUT2D eigenvalue weighted by molar-refractivity contribution is 0.571. The second kappa shape index (κ2) is 4.66. The van der Waals surface area contributed by atoms with E-state index in [4.69, 9.17) is 0 Å². The van der Waals surface area contributed by atoms with E-state index in [2.05, 4.69) is 9.71 Å². The third kappa shape index (κ3) is 2.37. The first-order valence-electron chi connectivity index (χ1n) is 5.78. The van der Waals surface area contributed by atoms with E-state index >= 15 is 0 Å². The van der Waals surface area contributed by atoms with Crippen molar-refractivity contribution in [1.29, 1.82) is 0 Å². The lowest BCUT2D eigenvalue weighted by Crippen LogP contribution is -2.30. The molecule has 1 aromatic carbocycles. The Bertz CT molecular complexity index is 678. The lowest BCUT2D eigenvalue weighted by Gasteiger charge is -2.12. The number of fused-ring (bicyclic) bond motifs is 1. The molecule has 0 bridgehead atoms. The molecular weight excluding hydrogens is 248 g/mol. The van der Waals surface area contributed by atoms with Crippen molar-refractivity contribution in [3.63, 3.8) is 0 Å². The van der Waals surface area contributed by atoms with Gasteiger partial charge in [0.1, 0.15) is 0 Å². The van der Waals surface area contributed by atoms with E-state index in [1.54, 1.807) is 44.3 Å². The molecule has 0 aliphatic heterocycles. The Morgan fingerprint density at radius 3 is 2.61 bits per heavy atom. The molecular formula is C13H16N2O2S. The Morgan fingerprint density at radius 2 is 1.94 bits per heavy atom. The van der Waals surface area contributed by atoms with Crippen molar-refractivity contribution in [1.82, 2.24) is 9.71 Å². The van der Waals surface area contributed by atoms with Crippen LogP contribution < -0.4 is 4.72 Å². The summed E-state index contributed by atoms with van der Waals surface area (Å²) in [6, 6.07) is 6.80. The van der Waals surface area contributed by atoms with Gasteiger partial charge in [-0.05, 0) is 44.5 Å². The zero-order valence-corrected chi connectivity index (χ0v) is 11.5. The highest BCUT2D eigenvalue weighted by molar-refractivity contribution is 7.89. The van der Waals surface area contributed by atoms with Crippen molar-refractivity contribution >= 4 is 20.9 Å². The Labute approximate surface area is 107 Å². The minimum absolute atomic E-state index is 0.136. The number of aryl methyl sites for hydroxylation is 1. The van der Waals surface area contributed by atoms with Crippen LogP contribution in [-0.4, -0.2) is 19.4 Å². The quantitative estimate of drug-likeness (QED) is 0.924. The van der Waals surface area contributed by atoms with E-state index in [0.717, 1.165) is 11.1 Å². The molecule has 18 heavy (non-hydrogen) atoms. The van der Waals surface area contributed by atoms with Crippen LogP contribution in [0.3, 0.4) is 0 Å². The van der Waals surface area contributed by atoms with Gasteiger partial charge in [-0.3, -0.25) is 4.98 Å². The molecule has 0 fully saturated rings. The van der Waals surface area contributed by atoms with Crippen molar-refractivity contribution < 1.29 is 8.42 Å². The Hall–Kier alpha value is -1.46. The van der Waals surface area contributed by atoms with Crippen LogP contribution in [0.5, 0.6) is 0 Å². The standard InChI is InChI=1S/C13H16N2O2S/c1-9(2)15-18(16,17)12-7-6-10(3)13-11(12)5-4-8-14-13/h4-9,15H,1-3H3. The van der Waals surface area contributed by atoms with Crippen molar-refractivity contribution in [2.75, 3.05) is 0 Å². The van der Waals surface area contributed by atoms with Crippen LogP contribution in [-0.2, 0) is 10.0 Å². The van der Waals surface area contributed by atoms with Crippen LogP contribution in [0.2, 0.25) is 0 Å². The number of pyridine rings is 1. The first kappa shape index (κ1) is 13.0. The molecule has 0 atom stereocenters. The fraction of sp³-hybridized carbons (Fsp3) is 0.308. The van der Waals surface area contributed by atoms with E-state index in [-0.39, 0.29) is 10.9 Å². The molecule has 4 nitrogen and oxygen atoms in total. The maximum absolute atomic E-state index is 12.2. The molecule has 2 aromatic rings. The van der Waals surface area contributed by atoms with Crippen LogP contribution in [0.25, 0.3) is 10.9 Å². The molecule has 96 valence electrons. The first-order chi connectivity index (χ1) is 8.42. The third-order valence-electron chi connectivity index (χ3n) is 2.61. The largest absolute Gasteiger partial charge is 0.256 e. The van der Waals surface area contributed by atoms with Gasteiger partial charge in [0, 0.05) is 17.6 Å². The molecule has 5 heteroatoms. The smallest absolute Gasteiger partial charge is 0.241 e. The summed E-state index contributed by atoms with van der Waals surface area (Å²) >= 11 is 0. The molecule has 0 aliphatic rings. The maximum atomic E-state index is 12.2. The third-order valence-corrected chi connectivity index (χ3v) is 4.33. The van der Waals surface area contributed by atoms with Gasteiger partial charge in [0.05, 0.1) is 10.4 Å². The Morgan fingerprint density at radius 1 is 1.22 bits per heavy atom. The van der Waals surface area contributed by atoms with Gasteiger partial charge in [-0.2, -0.15) is 0 Å². The molecule has 0 radical (unpaired) electrons. The monoisotopic (exact) mass is 264 g/mol. The molecule has 1 heterocycles. The molecule has 1 N–H and O–H groups in total. The summed E-state index contributed by atoms with van der Waals surface area (Å²) in [6.45, 7) is 5.51. The fourth-order valence-corrected chi connectivity index (χ4v) is 3.34. The number of rotatable bonds is 3. The highest BCUT2D eigenvalue weighted by Crippen LogP contribution is 2.24. The number of hydrogen-bond acceptors (Lipinski definition) is 3. The highest BCUT2D eigenvalue weighted by Gasteiger charge is 2.19. The van der Waals surface area contributed by atoms with Gasteiger partial charge in [-0.1, -0.05) is 6.07 Å². The van der Waals surface area contributed by atoms with Crippen LogP contribution in [0.4, 0.5) is 0 Å². The van der Waals surface area contributed by atoms with Gasteiger partial charge in [-0.25, -0.2) is 13.1 Å². The number of hydrogen-bond donors (Lipinski definition) is 1. The first-order valence-corrected chi connectivity index (χ1v) is 7.27. The van der Waals surface area contributed by atoms with E-state index in [0.29, 0.717) is 5.39 Å².